The fraction of sp³-hybridized carbons (Fsp3) is 0.579. The molecule has 0 aliphatic carbocycles. The number of fused-ring (bicyclic) bond motifs is 1. The Hall–Kier alpha value is -2.13. The van der Waals surface area contributed by atoms with Crippen LogP contribution < -0.4 is 9.64 Å². The summed E-state index contributed by atoms with van der Waals surface area (Å²) in [6, 6.07) is 6.72. The number of carbonyl (C=O) groups excluding carboxylic acids is 2. The zero-order valence-electron chi connectivity index (χ0n) is 15.6. The lowest BCUT2D eigenvalue weighted by Gasteiger charge is -2.34. The molecule has 3 heterocycles. The lowest BCUT2D eigenvalue weighted by molar-refractivity contribution is -0.135. The molecule has 0 bridgehead atoms. The van der Waals surface area contributed by atoms with Crippen molar-refractivity contribution in [1.82, 2.24) is 4.90 Å². The summed E-state index contributed by atoms with van der Waals surface area (Å²) >= 11 is 0. The predicted octanol–water partition coefficient (Wildman–Crippen LogP) is 0.607. The summed E-state index contributed by atoms with van der Waals surface area (Å²) in [6.07, 6.45) is 2.13. The summed E-state index contributed by atoms with van der Waals surface area (Å²) < 4.78 is 35.0. The van der Waals surface area contributed by atoms with Crippen LogP contribution in [0.3, 0.4) is 0 Å². The van der Waals surface area contributed by atoms with Gasteiger partial charge in [-0.25, -0.2) is 8.42 Å². The number of para-hydroxylation sites is 2. The summed E-state index contributed by atoms with van der Waals surface area (Å²) in [5.74, 6) is 0.0700. The molecule has 2 amide bonds. The van der Waals surface area contributed by atoms with E-state index in [1.165, 1.54) is 4.90 Å². The normalized spacial score (nSPS) is 26.0. The first kappa shape index (κ1) is 19.2. The number of benzene rings is 1. The highest BCUT2D eigenvalue weighted by molar-refractivity contribution is 7.91. The number of ether oxygens (including phenoxy) is 2. The van der Waals surface area contributed by atoms with Crippen LogP contribution in [0.4, 0.5) is 5.69 Å². The average Bonchev–Trinajstić information content (AvgIpc) is 3.31. The standard InChI is InChI=1S/C19H24N2O6S/c22-18(11-21-16-5-1-2-6-17(16)27-12-19(21)23)20(10-15-4-3-8-26-15)14-7-9-28(24,25)13-14/h1-2,5-6,14-15H,3-4,7-13H2/t14-,15-/m1/s1. The van der Waals surface area contributed by atoms with Crippen molar-refractivity contribution >= 4 is 27.3 Å². The molecule has 0 aromatic heterocycles. The number of carbonyl (C=O) groups is 2. The Morgan fingerprint density at radius 2 is 2.07 bits per heavy atom. The molecule has 0 saturated carbocycles. The Balaban J connectivity index is 1.54. The second kappa shape index (κ2) is 7.71. The average molecular weight is 408 g/mol. The van der Waals surface area contributed by atoms with Gasteiger partial charge < -0.3 is 14.4 Å². The van der Waals surface area contributed by atoms with Crippen LogP contribution in [0.1, 0.15) is 19.3 Å². The zero-order chi connectivity index (χ0) is 19.7. The van der Waals surface area contributed by atoms with Crippen molar-refractivity contribution in [3.63, 3.8) is 0 Å². The molecule has 0 spiro atoms. The van der Waals surface area contributed by atoms with E-state index in [2.05, 4.69) is 0 Å². The third kappa shape index (κ3) is 4.00. The third-order valence-electron chi connectivity index (χ3n) is 5.50. The van der Waals surface area contributed by atoms with E-state index in [1.54, 1.807) is 23.1 Å². The van der Waals surface area contributed by atoms with Crippen molar-refractivity contribution in [3.05, 3.63) is 24.3 Å². The number of amides is 2. The van der Waals surface area contributed by atoms with Crippen LogP contribution >= 0.6 is 0 Å². The summed E-state index contributed by atoms with van der Waals surface area (Å²) in [6.45, 7) is 0.764. The van der Waals surface area contributed by atoms with Crippen LogP contribution in [-0.4, -0.2) is 75.1 Å². The number of rotatable bonds is 5. The Morgan fingerprint density at radius 1 is 1.25 bits per heavy atom. The summed E-state index contributed by atoms with van der Waals surface area (Å²) in [7, 11) is -3.14. The fourth-order valence-corrected chi connectivity index (χ4v) is 5.77. The lowest BCUT2D eigenvalue weighted by atomic mass is 10.1. The highest BCUT2D eigenvalue weighted by atomic mass is 32.2. The van der Waals surface area contributed by atoms with E-state index in [9.17, 15) is 18.0 Å². The molecule has 3 aliphatic rings. The Kier molecular flexibility index (Phi) is 5.29. The molecule has 0 N–H and O–H groups in total. The molecular weight excluding hydrogens is 384 g/mol. The molecule has 1 aromatic rings. The summed E-state index contributed by atoms with van der Waals surface area (Å²) in [5, 5.41) is 0. The minimum Gasteiger partial charge on any atom is -0.482 e. The van der Waals surface area contributed by atoms with Crippen molar-refractivity contribution in [2.45, 2.75) is 31.4 Å². The molecule has 152 valence electrons. The van der Waals surface area contributed by atoms with Crippen molar-refractivity contribution in [1.29, 1.82) is 0 Å². The van der Waals surface area contributed by atoms with Gasteiger partial charge in [-0.15, -0.1) is 0 Å². The van der Waals surface area contributed by atoms with E-state index < -0.39 is 9.84 Å². The maximum Gasteiger partial charge on any atom is 0.265 e. The zero-order valence-corrected chi connectivity index (χ0v) is 16.4. The van der Waals surface area contributed by atoms with Gasteiger partial charge in [-0.1, -0.05) is 12.1 Å². The van der Waals surface area contributed by atoms with Crippen LogP contribution in [0, 0.1) is 0 Å². The van der Waals surface area contributed by atoms with Gasteiger partial charge in [-0.2, -0.15) is 0 Å². The van der Waals surface area contributed by atoms with Crippen LogP contribution in [0.5, 0.6) is 5.75 Å². The van der Waals surface area contributed by atoms with Crippen LogP contribution in [0.2, 0.25) is 0 Å². The van der Waals surface area contributed by atoms with Crippen LogP contribution in [0.25, 0.3) is 0 Å². The largest absolute Gasteiger partial charge is 0.482 e. The minimum atomic E-state index is -3.14. The summed E-state index contributed by atoms with van der Waals surface area (Å²) in [5.41, 5.74) is 0.559. The molecule has 2 fully saturated rings. The van der Waals surface area contributed by atoms with Crippen molar-refractivity contribution in [2.75, 3.05) is 42.7 Å². The highest BCUT2D eigenvalue weighted by Gasteiger charge is 2.38. The predicted molar refractivity (Wildman–Crippen MR) is 102 cm³/mol. The van der Waals surface area contributed by atoms with E-state index in [0.29, 0.717) is 31.0 Å². The molecule has 8 nitrogen and oxygen atoms in total. The smallest absolute Gasteiger partial charge is 0.265 e. The van der Waals surface area contributed by atoms with Crippen LogP contribution in [-0.2, 0) is 24.2 Å². The third-order valence-corrected chi connectivity index (χ3v) is 7.25. The molecular formula is C19H24N2O6S. The number of anilines is 1. The van der Waals surface area contributed by atoms with Gasteiger partial charge in [0.25, 0.3) is 5.91 Å². The van der Waals surface area contributed by atoms with Gasteiger partial charge >= 0.3 is 0 Å². The molecule has 0 unspecified atom stereocenters. The molecule has 2 saturated heterocycles. The topological polar surface area (TPSA) is 93.2 Å². The number of sulfone groups is 1. The van der Waals surface area contributed by atoms with Gasteiger partial charge in [0.2, 0.25) is 5.91 Å². The van der Waals surface area contributed by atoms with E-state index in [-0.39, 0.29) is 48.6 Å². The van der Waals surface area contributed by atoms with Crippen molar-refractivity contribution in [3.8, 4) is 5.75 Å². The first-order valence-electron chi connectivity index (χ1n) is 9.57. The van der Waals surface area contributed by atoms with Gasteiger partial charge in [0, 0.05) is 19.2 Å². The van der Waals surface area contributed by atoms with Gasteiger partial charge in [0.05, 0.1) is 23.3 Å². The Labute approximate surface area is 164 Å². The quantitative estimate of drug-likeness (QED) is 0.709. The molecule has 28 heavy (non-hydrogen) atoms. The van der Waals surface area contributed by atoms with E-state index in [0.717, 1.165) is 12.8 Å². The van der Waals surface area contributed by atoms with Crippen molar-refractivity contribution in [2.24, 2.45) is 0 Å². The molecule has 9 heteroatoms. The fourth-order valence-electron chi connectivity index (χ4n) is 4.04. The second-order valence-electron chi connectivity index (χ2n) is 7.47. The van der Waals surface area contributed by atoms with Gasteiger partial charge in [0.15, 0.2) is 16.4 Å². The molecule has 0 radical (unpaired) electrons. The van der Waals surface area contributed by atoms with Gasteiger partial charge in [-0.05, 0) is 31.4 Å². The first-order chi connectivity index (χ1) is 13.4. The number of nitrogens with zero attached hydrogens (tertiary/aromatic N) is 2. The van der Waals surface area contributed by atoms with Gasteiger partial charge in [-0.3, -0.25) is 14.5 Å². The van der Waals surface area contributed by atoms with E-state index in [1.807, 2.05) is 6.07 Å². The Morgan fingerprint density at radius 3 is 2.79 bits per heavy atom. The second-order valence-corrected chi connectivity index (χ2v) is 9.70. The number of hydrogen-bond donors (Lipinski definition) is 0. The van der Waals surface area contributed by atoms with E-state index >= 15 is 0 Å². The highest BCUT2D eigenvalue weighted by Crippen LogP contribution is 2.31. The maximum atomic E-state index is 13.2. The molecule has 4 rings (SSSR count). The minimum absolute atomic E-state index is 0.0287. The molecule has 3 aliphatic heterocycles. The van der Waals surface area contributed by atoms with Crippen LogP contribution in [0.15, 0.2) is 24.3 Å². The first-order valence-corrected chi connectivity index (χ1v) is 11.4. The monoisotopic (exact) mass is 408 g/mol. The SMILES string of the molecule is O=C1COc2ccccc2N1CC(=O)N(C[C@H]1CCCO1)[C@@H]1CCS(=O)(=O)C1. The number of hydrogen-bond acceptors (Lipinski definition) is 6. The van der Waals surface area contributed by atoms with Gasteiger partial charge in [0.1, 0.15) is 12.3 Å². The molecule has 2 atom stereocenters. The Bertz CT molecular complexity index is 865. The summed E-state index contributed by atoms with van der Waals surface area (Å²) in [4.78, 5) is 28.6. The molecule has 1 aromatic carbocycles. The van der Waals surface area contributed by atoms with Crippen molar-refractivity contribution < 1.29 is 27.5 Å². The lowest BCUT2D eigenvalue weighted by Crippen LogP contribution is -2.51. The van der Waals surface area contributed by atoms with E-state index in [4.69, 9.17) is 9.47 Å². The maximum absolute atomic E-state index is 13.2.